The molecule has 2 bridgehead atoms. The SMILES string of the molecule is O=C1[C@@H]2C3c4ccccc4C(c4ccccc43)[C@@H]2C(=O)N1/N=C\c1ccccc1OCc1cccc(Cl)c1. The number of benzene rings is 4. The Labute approximate surface area is 225 Å². The molecule has 2 amide bonds. The van der Waals surface area contributed by atoms with Crippen LogP contribution >= 0.6 is 11.6 Å². The van der Waals surface area contributed by atoms with E-state index in [0.29, 0.717) is 22.9 Å². The van der Waals surface area contributed by atoms with Gasteiger partial charge in [0.1, 0.15) is 12.4 Å². The first-order valence-corrected chi connectivity index (χ1v) is 13.1. The van der Waals surface area contributed by atoms with Crippen LogP contribution in [0.3, 0.4) is 0 Å². The molecule has 1 saturated heterocycles. The van der Waals surface area contributed by atoms with Crippen LogP contribution < -0.4 is 4.74 Å². The standard InChI is InChI=1S/C32H23ClN2O3/c33-21-10-7-8-19(16-21)18-38-26-15-6-1-9-20(26)17-34-35-31(36)29-27-22-11-2-3-12-23(22)28(30(29)32(35)37)25-14-5-4-13-24(25)27/h1-17,27-30H,18H2/b34-17-/t27?,28?,29-,30+. The molecule has 0 radical (unpaired) electrons. The van der Waals surface area contributed by atoms with E-state index in [4.69, 9.17) is 16.3 Å². The molecule has 0 unspecified atom stereocenters. The lowest BCUT2D eigenvalue weighted by Crippen LogP contribution is -2.41. The Morgan fingerprint density at radius 3 is 1.87 bits per heavy atom. The van der Waals surface area contributed by atoms with Crippen molar-refractivity contribution in [3.63, 3.8) is 0 Å². The molecule has 4 aromatic carbocycles. The summed E-state index contributed by atoms with van der Waals surface area (Å²) in [6, 6.07) is 31.3. The van der Waals surface area contributed by atoms with E-state index in [0.717, 1.165) is 32.8 Å². The van der Waals surface area contributed by atoms with Gasteiger partial charge in [-0.1, -0.05) is 84.4 Å². The third kappa shape index (κ3) is 3.50. The fraction of sp³-hybridized carbons (Fsp3) is 0.156. The van der Waals surface area contributed by atoms with Crippen molar-refractivity contribution in [2.75, 3.05) is 0 Å². The first-order valence-electron chi connectivity index (χ1n) is 12.7. The van der Waals surface area contributed by atoms with E-state index < -0.39 is 11.8 Å². The van der Waals surface area contributed by atoms with Crippen LogP contribution in [-0.2, 0) is 16.2 Å². The summed E-state index contributed by atoms with van der Waals surface area (Å²) in [5, 5.41) is 6.17. The maximum absolute atomic E-state index is 13.8. The highest BCUT2D eigenvalue weighted by atomic mass is 35.5. The van der Waals surface area contributed by atoms with Crippen molar-refractivity contribution < 1.29 is 14.3 Å². The van der Waals surface area contributed by atoms with E-state index in [2.05, 4.69) is 29.4 Å². The summed E-state index contributed by atoms with van der Waals surface area (Å²) in [5.41, 5.74) is 6.19. The molecule has 2 atom stereocenters. The normalized spacial score (nSPS) is 22.9. The molecule has 6 heteroatoms. The molecule has 1 aliphatic heterocycles. The van der Waals surface area contributed by atoms with Crippen LogP contribution in [0.5, 0.6) is 5.75 Å². The highest BCUT2D eigenvalue weighted by molar-refractivity contribution is 6.30. The topological polar surface area (TPSA) is 59.0 Å². The molecule has 0 saturated carbocycles. The summed E-state index contributed by atoms with van der Waals surface area (Å²) in [7, 11) is 0. The van der Waals surface area contributed by atoms with Crippen molar-refractivity contribution in [3.8, 4) is 5.75 Å². The number of hydrogen-bond acceptors (Lipinski definition) is 4. The smallest absolute Gasteiger partial charge is 0.254 e. The average Bonchev–Trinajstić information content (AvgIpc) is 3.21. The van der Waals surface area contributed by atoms with Crippen molar-refractivity contribution in [3.05, 3.63) is 135 Å². The summed E-state index contributed by atoms with van der Waals surface area (Å²) in [6.45, 7) is 0.330. The molecule has 0 N–H and O–H groups in total. The summed E-state index contributed by atoms with van der Waals surface area (Å²) in [6.07, 6.45) is 1.54. The number of hydrazone groups is 1. The molecule has 4 aromatic rings. The van der Waals surface area contributed by atoms with Crippen LogP contribution in [-0.4, -0.2) is 23.0 Å². The third-order valence-electron chi connectivity index (χ3n) is 7.94. The van der Waals surface area contributed by atoms with Crippen LogP contribution in [0.25, 0.3) is 0 Å². The third-order valence-corrected chi connectivity index (χ3v) is 8.17. The van der Waals surface area contributed by atoms with Gasteiger partial charge in [-0.25, -0.2) is 0 Å². The number of carbonyl (C=O) groups is 2. The summed E-state index contributed by atoms with van der Waals surface area (Å²) in [5.74, 6) is -1.09. The van der Waals surface area contributed by atoms with Crippen molar-refractivity contribution in [2.45, 2.75) is 18.4 Å². The molecular formula is C32H23ClN2O3. The molecular weight excluding hydrogens is 496 g/mol. The fourth-order valence-electron chi connectivity index (χ4n) is 6.40. The number of ether oxygens (including phenoxy) is 1. The Morgan fingerprint density at radius 2 is 1.29 bits per heavy atom. The second-order valence-electron chi connectivity index (χ2n) is 9.95. The number of nitrogens with zero attached hydrogens (tertiary/aromatic N) is 2. The van der Waals surface area contributed by atoms with Crippen LogP contribution in [0.2, 0.25) is 5.02 Å². The van der Waals surface area contributed by atoms with Crippen molar-refractivity contribution in [1.29, 1.82) is 0 Å². The van der Waals surface area contributed by atoms with Gasteiger partial charge in [-0.15, -0.1) is 0 Å². The fourth-order valence-corrected chi connectivity index (χ4v) is 6.61. The minimum absolute atomic E-state index is 0.151. The minimum Gasteiger partial charge on any atom is -0.488 e. The van der Waals surface area contributed by atoms with E-state index in [1.165, 1.54) is 0 Å². The number of amides is 2. The van der Waals surface area contributed by atoms with Gasteiger partial charge >= 0.3 is 0 Å². The Bertz CT molecular complexity index is 1520. The lowest BCUT2D eigenvalue weighted by Gasteiger charge is -2.45. The van der Waals surface area contributed by atoms with E-state index in [1.54, 1.807) is 6.21 Å². The van der Waals surface area contributed by atoms with Crippen LogP contribution in [0, 0.1) is 11.8 Å². The molecule has 0 aromatic heterocycles. The first kappa shape index (κ1) is 22.9. The zero-order valence-corrected chi connectivity index (χ0v) is 21.1. The van der Waals surface area contributed by atoms with Gasteiger partial charge in [0.05, 0.1) is 18.1 Å². The van der Waals surface area contributed by atoms with E-state index in [9.17, 15) is 9.59 Å². The maximum atomic E-state index is 13.8. The van der Waals surface area contributed by atoms with Gasteiger partial charge in [0, 0.05) is 22.4 Å². The minimum atomic E-state index is -0.455. The number of imide groups is 1. The first-order chi connectivity index (χ1) is 18.6. The highest BCUT2D eigenvalue weighted by Crippen LogP contribution is 2.60. The number of halogens is 1. The second-order valence-corrected chi connectivity index (χ2v) is 10.4. The number of carbonyl (C=O) groups excluding carboxylic acids is 2. The van der Waals surface area contributed by atoms with E-state index in [-0.39, 0.29) is 23.7 Å². The van der Waals surface area contributed by atoms with Gasteiger partial charge in [0.15, 0.2) is 0 Å². The van der Waals surface area contributed by atoms with Gasteiger partial charge in [-0.05, 0) is 52.1 Å². The number of rotatable bonds is 5. The summed E-state index contributed by atoms with van der Waals surface area (Å²) < 4.78 is 6.03. The molecule has 1 fully saturated rings. The molecule has 186 valence electrons. The quantitative estimate of drug-likeness (QED) is 0.235. The highest BCUT2D eigenvalue weighted by Gasteiger charge is 2.61. The summed E-state index contributed by atoms with van der Waals surface area (Å²) in [4.78, 5) is 27.5. The molecule has 8 rings (SSSR count). The maximum Gasteiger partial charge on any atom is 0.254 e. The molecule has 1 heterocycles. The Balaban J connectivity index is 1.20. The zero-order chi connectivity index (χ0) is 25.8. The predicted octanol–water partition coefficient (Wildman–Crippen LogP) is 6.15. The number of para-hydroxylation sites is 1. The predicted molar refractivity (Wildman–Crippen MR) is 145 cm³/mol. The van der Waals surface area contributed by atoms with Gasteiger partial charge < -0.3 is 4.74 Å². The second kappa shape index (κ2) is 8.96. The van der Waals surface area contributed by atoms with Crippen LogP contribution in [0.1, 0.15) is 45.2 Å². The van der Waals surface area contributed by atoms with E-state index >= 15 is 0 Å². The van der Waals surface area contributed by atoms with Gasteiger partial charge in [-0.2, -0.15) is 10.1 Å². The average molecular weight is 519 g/mol. The van der Waals surface area contributed by atoms with E-state index in [1.807, 2.05) is 72.8 Å². The van der Waals surface area contributed by atoms with Crippen LogP contribution in [0.4, 0.5) is 0 Å². The zero-order valence-electron chi connectivity index (χ0n) is 20.3. The molecule has 5 nitrogen and oxygen atoms in total. The molecule has 3 aliphatic carbocycles. The Kier molecular flexibility index (Phi) is 5.41. The van der Waals surface area contributed by atoms with Crippen molar-refractivity contribution >= 4 is 29.6 Å². The number of hydrogen-bond donors (Lipinski definition) is 0. The molecule has 4 aliphatic rings. The Morgan fingerprint density at radius 1 is 0.737 bits per heavy atom. The van der Waals surface area contributed by atoms with Crippen molar-refractivity contribution in [1.82, 2.24) is 5.01 Å². The molecule has 38 heavy (non-hydrogen) atoms. The van der Waals surface area contributed by atoms with Crippen molar-refractivity contribution in [2.24, 2.45) is 16.9 Å². The van der Waals surface area contributed by atoms with Gasteiger partial charge in [0.2, 0.25) is 0 Å². The Hall–Kier alpha value is -4.22. The summed E-state index contributed by atoms with van der Waals surface area (Å²) >= 11 is 6.10. The van der Waals surface area contributed by atoms with Gasteiger partial charge in [0.25, 0.3) is 11.8 Å². The molecule has 0 spiro atoms. The lowest BCUT2D eigenvalue weighted by atomic mass is 9.55. The monoisotopic (exact) mass is 518 g/mol. The van der Waals surface area contributed by atoms with Crippen LogP contribution in [0.15, 0.2) is 102 Å². The largest absolute Gasteiger partial charge is 0.488 e. The van der Waals surface area contributed by atoms with Gasteiger partial charge in [-0.3, -0.25) is 9.59 Å². The lowest BCUT2D eigenvalue weighted by molar-refractivity contribution is -0.139.